The van der Waals surface area contributed by atoms with E-state index in [1.807, 2.05) is 0 Å². The lowest BCUT2D eigenvalue weighted by Gasteiger charge is -2.32. The van der Waals surface area contributed by atoms with Crippen LogP contribution in [-0.4, -0.2) is 54.4 Å². The molecule has 6 heteroatoms. The van der Waals surface area contributed by atoms with Gasteiger partial charge in [0.05, 0.1) is 13.2 Å². The third-order valence-electron chi connectivity index (χ3n) is 2.22. The van der Waals surface area contributed by atoms with Crippen LogP contribution in [-0.2, 0) is 9.53 Å². The van der Waals surface area contributed by atoms with Crippen molar-refractivity contribution < 1.29 is 19.4 Å². The minimum absolute atomic E-state index is 0.0375. The molecule has 6 nitrogen and oxygen atoms in total. The predicted molar refractivity (Wildman–Crippen MR) is 57.2 cm³/mol. The van der Waals surface area contributed by atoms with Crippen LogP contribution in [0.25, 0.3) is 0 Å². The van der Waals surface area contributed by atoms with Crippen molar-refractivity contribution in [3.8, 4) is 0 Å². The summed E-state index contributed by atoms with van der Waals surface area (Å²) in [7, 11) is 0. The van der Waals surface area contributed by atoms with Crippen molar-refractivity contribution in [3.63, 3.8) is 0 Å². The van der Waals surface area contributed by atoms with Crippen LogP contribution in [0.5, 0.6) is 0 Å². The molecule has 0 aromatic rings. The molecule has 2 amide bonds. The van der Waals surface area contributed by atoms with Crippen LogP contribution in [0, 0.1) is 0 Å². The molecule has 16 heavy (non-hydrogen) atoms. The van der Waals surface area contributed by atoms with Crippen molar-refractivity contribution in [3.05, 3.63) is 12.2 Å². The molecule has 0 aromatic carbocycles. The Kier molecular flexibility index (Phi) is 4.30. The van der Waals surface area contributed by atoms with Gasteiger partial charge in [-0.1, -0.05) is 12.2 Å². The standard InChI is InChI=1S/C10H16N2O4/c1-7(2)5-11-10(15)12-3-4-16-6-8(12)9(13)14/h8H,1,3-6H2,2H3,(H,11,15)(H,13,14). The smallest absolute Gasteiger partial charge is 0.328 e. The maximum Gasteiger partial charge on any atom is 0.328 e. The van der Waals surface area contributed by atoms with Gasteiger partial charge in [-0.05, 0) is 6.92 Å². The van der Waals surface area contributed by atoms with Crippen LogP contribution >= 0.6 is 0 Å². The molecule has 1 rings (SSSR count). The van der Waals surface area contributed by atoms with Gasteiger partial charge in [-0.3, -0.25) is 0 Å². The van der Waals surface area contributed by atoms with Crippen molar-refractivity contribution >= 4 is 12.0 Å². The summed E-state index contributed by atoms with van der Waals surface area (Å²) in [5.41, 5.74) is 0.813. The second-order valence-electron chi connectivity index (χ2n) is 3.74. The number of aliphatic carboxylic acids is 1. The topological polar surface area (TPSA) is 78.9 Å². The maximum atomic E-state index is 11.7. The van der Waals surface area contributed by atoms with E-state index in [4.69, 9.17) is 9.84 Å². The van der Waals surface area contributed by atoms with Crippen LogP contribution in [0.15, 0.2) is 12.2 Å². The van der Waals surface area contributed by atoms with Gasteiger partial charge in [-0.15, -0.1) is 0 Å². The Morgan fingerprint density at radius 3 is 2.88 bits per heavy atom. The molecular formula is C10H16N2O4. The first-order valence-electron chi connectivity index (χ1n) is 5.01. The van der Waals surface area contributed by atoms with Gasteiger partial charge in [0.15, 0.2) is 6.04 Å². The second-order valence-corrected chi connectivity index (χ2v) is 3.74. The number of nitrogens with one attached hydrogen (secondary N) is 1. The van der Waals surface area contributed by atoms with E-state index >= 15 is 0 Å². The fourth-order valence-electron chi connectivity index (χ4n) is 1.38. The van der Waals surface area contributed by atoms with Gasteiger partial charge >= 0.3 is 12.0 Å². The zero-order valence-electron chi connectivity index (χ0n) is 9.23. The first kappa shape index (κ1) is 12.5. The Balaban J connectivity index is 2.57. The second kappa shape index (κ2) is 5.50. The minimum Gasteiger partial charge on any atom is -0.480 e. The number of carbonyl (C=O) groups is 2. The lowest BCUT2D eigenvalue weighted by Crippen LogP contribution is -2.55. The molecule has 0 saturated carbocycles. The zero-order valence-corrected chi connectivity index (χ0v) is 9.23. The molecule has 1 atom stereocenters. The highest BCUT2D eigenvalue weighted by atomic mass is 16.5. The van der Waals surface area contributed by atoms with E-state index in [2.05, 4.69) is 11.9 Å². The molecule has 0 bridgehead atoms. The van der Waals surface area contributed by atoms with Gasteiger partial charge in [-0.25, -0.2) is 9.59 Å². The van der Waals surface area contributed by atoms with Crippen LogP contribution < -0.4 is 5.32 Å². The summed E-state index contributed by atoms with van der Waals surface area (Å²) in [6.07, 6.45) is 0. The van der Waals surface area contributed by atoms with Crippen molar-refractivity contribution in [1.29, 1.82) is 0 Å². The van der Waals surface area contributed by atoms with Gasteiger partial charge in [-0.2, -0.15) is 0 Å². The Morgan fingerprint density at radius 1 is 1.62 bits per heavy atom. The fourth-order valence-corrected chi connectivity index (χ4v) is 1.38. The Hall–Kier alpha value is -1.56. The number of urea groups is 1. The molecule has 0 aliphatic carbocycles. The third-order valence-corrected chi connectivity index (χ3v) is 2.22. The maximum absolute atomic E-state index is 11.7. The number of amides is 2. The summed E-state index contributed by atoms with van der Waals surface area (Å²) < 4.78 is 5.03. The molecular weight excluding hydrogens is 212 g/mol. The number of rotatable bonds is 3. The van der Waals surface area contributed by atoms with Crippen molar-refractivity contribution in [2.75, 3.05) is 26.3 Å². The molecule has 0 radical (unpaired) electrons. The third kappa shape index (κ3) is 3.23. The Labute approximate surface area is 93.9 Å². The molecule has 1 unspecified atom stereocenters. The van der Waals surface area contributed by atoms with Gasteiger partial charge in [0, 0.05) is 13.1 Å². The van der Waals surface area contributed by atoms with Gasteiger partial charge < -0.3 is 20.1 Å². The summed E-state index contributed by atoms with van der Waals surface area (Å²) >= 11 is 0. The first-order chi connectivity index (χ1) is 7.52. The lowest BCUT2D eigenvalue weighted by molar-refractivity contribution is -0.147. The lowest BCUT2D eigenvalue weighted by atomic mass is 10.2. The van der Waals surface area contributed by atoms with E-state index in [0.29, 0.717) is 19.7 Å². The van der Waals surface area contributed by atoms with Crippen molar-refractivity contribution in [2.24, 2.45) is 0 Å². The SMILES string of the molecule is C=C(C)CNC(=O)N1CCOCC1C(=O)O. The van der Waals surface area contributed by atoms with Gasteiger partial charge in [0.25, 0.3) is 0 Å². The number of hydrogen-bond acceptors (Lipinski definition) is 3. The van der Waals surface area contributed by atoms with E-state index < -0.39 is 18.0 Å². The monoisotopic (exact) mass is 228 g/mol. The van der Waals surface area contributed by atoms with Gasteiger partial charge in [0.2, 0.25) is 0 Å². The molecule has 2 N–H and O–H groups in total. The van der Waals surface area contributed by atoms with Crippen LogP contribution in [0.2, 0.25) is 0 Å². The fraction of sp³-hybridized carbons (Fsp3) is 0.600. The predicted octanol–water partition coefficient (Wildman–Crippen LogP) is 0.0575. The number of morpholine rings is 1. The number of ether oxygens (including phenoxy) is 1. The highest BCUT2D eigenvalue weighted by Crippen LogP contribution is 2.07. The number of carboxylic acid groups (broad SMARTS) is 1. The summed E-state index contributed by atoms with van der Waals surface area (Å²) in [6, 6.07) is -1.29. The van der Waals surface area contributed by atoms with E-state index in [1.54, 1.807) is 6.92 Å². The highest BCUT2D eigenvalue weighted by Gasteiger charge is 2.32. The summed E-state index contributed by atoms with van der Waals surface area (Å²) in [5, 5.41) is 11.5. The molecule has 0 spiro atoms. The summed E-state index contributed by atoms with van der Waals surface area (Å²) in [4.78, 5) is 23.8. The first-order valence-corrected chi connectivity index (χ1v) is 5.01. The highest BCUT2D eigenvalue weighted by molar-refractivity contribution is 5.83. The van der Waals surface area contributed by atoms with Crippen molar-refractivity contribution in [2.45, 2.75) is 13.0 Å². The average molecular weight is 228 g/mol. The largest absolute Gasteiger partial charge is 0.480 e. The number of hydrogen-bond donors (Lipinski definition) is 2. The summed E-state index contributed by atoms with van der Waals surface area (Å²) in [5.74, 6) is -1.05. The molecule has 1 saturated heterocycles. The quantitative estimate of drug-likeness (QED) is 0.669. The normalized spacial score (nSPS) is 20.3. The molecule has 0 aromatic heterocycles. The number of carbonyl (C=O) groups excluding carboxylic acids is 1. The van der Waals surface area contributed by atoms with Crippen LogP contribution in [0.3, 0.4) is 0 Å². The number of nitrogens with zero attached hydrogens (tertiary/aromatic N) is 1. The Morgan fingerprint density at radius 2 is 2.31 bits per heavy atom. The van der Waals surface area contributed by atoms with E-state index in [9.17, 15) is 9.59 Å². The number of carboxylic acids is 1. The van der Waals surface area contributed by atoms with Gasteiger partial charge in [0.1, 0.15) is 0 Å². The minimum atomic E-state index is -1.05. The molecule has 1 heterocycles. The van der Waals surface area contributed by atoms with Crippen LogP contribution in [0.1, 0.15) is 6.92 Å². The van der Waals surface area contributed by atoms with Crippen LogP contribution in [0.4, 0.5) is 4.79 Å². The average Bonchev–Trinajstić information content (AvgIpc) is 2.25. The van der Waals surface area contributed by atoms with E-state index in [1.165, 1.54) is 4.90 Å². The zero-order chi connectivity index (χ0) is 12.1. The van der Waals surface area contributed by atoms with E-state index in [-0.39, 0.29) is 6.61 Å². The Bertz CT molecular complexity index is 303. The van der Waals surface area contributed by atoms with Crippen molar-refractivity contribution in [1.82, 2.24) is 10.2 Å². The molecule has 1 aliphatic heterocycles. The molecule has 1 aliphatic rings. The van der Waals surface area contributed by atoms with E-state index in [0.717, 1.165) is 5.57 Å². The summed E-state index contributed by atoms with van der Waals surface area (Å²) in [6.45, 7) is 6.48. The molecule has 90 valence electrons. The molecule has 1 fully saturated rings.